The van der Waals surface area contributed by atoms with Crippen molar-refractivity contribution in [2.24, 2.45) is 11.1 Å². The lowest BCUT2D eigenvalue weighted by Crippen LogP contribution is -2.38. The minimum atomic E-state index is -0.547. The molecule has 0 saturated heterocycles. The Kier molecular flexibility index (Phi) is 4.13. The number of hydrogen-bond acceptors (Lipinski definition) is 3. The zero-order valence-corrected chi connectivity index (χ0v) is 10.2. The maximum absolute atomic E-state index is 11.3. The van der Waals surface area contributed by atoms with Gasteiger partial charge in [0.05, 0.1) is 0 Å². The lowest BCUT2D eigenvalue weighted by Gasteiger charge is -2.32. The molecular weight excluding hydrogens is 178 g/mol. The van der Waals surface area contributed by atoms with Crippen LogP contribution in [-0.4, -0.2) is 17.6 Å². The minimum absolute atomic E-state index is 0.140. The Balaban J connectivity index is 4.28. The summed E-state index contributed by atoms with van der Waals surface area (Å²) in [6, 6.07) is -0.547. The number of nitrogens with two attached hydrogens (primary N) is 1. The van der Waals surface area contributed by atoms with Crippen LogP contribution >= 0.6 is 0 Å². The summed E-state index contributed by atoms with van der Waals surface area (Å²) in [5, 5.41) is 0. The van der Waals surface area contributed by atoms with Gasteiger partial charge in [-0.2, -0.15) is 0 Å². The zero-order chi connectivity index (χ0) is 11.6. The molecule has 0 bridgehead atoms. The molecule has 1 atom stereocenters. The highest BCUT2D eigenvalue weighted by molar-refractivity contribution is 5.75. The topological polar surface area (TPSA) is 52.3 Å². The molecule has 84 valence electrons. The molecule has 0 aliphatic rings. The average molecular weight is 201 g/mol. The van der Waals surface area contributed by atoms with E-state index in [-0.39, 0.29) is 11.4 Å². The molecule has 0 heterocycles. The first kappa shape index (κ1) is 13.4. The Bertz CT molecular complexity index is 202. The van der Waals surface area contributed by atoms with Crippen molar-refractivity contribution in [2.45, 2.75) is 59.6 Å². The summed E-state index contributed by atoms with van der Waals surface area (Å²) in [5.41, 5.74) is 5.13. The van der Waals surface area contributed by atoms with Crippen LogP contribution in [0.5, 0.6) is 0 Å². The van der Waals surface area contributed by atoms with Crippen LogP contribution in [0.15, 0.2) is 0 Å². The molecule has 0 aliphatic heterocycles. The molecule has 1 unspecified atom stereocenters. The van der Waals surface area contributed by atoms with Crippen molar-refractivity contribution in [1.82, 2.24) is 0 Å². The monoisotopic (exact) mass is 201 g/mol. The van der Waals surface area contributed by atoms with E-state index in [0.717, 1.165) is 6.42 Å². The van der Waals surface area contributed by atoms with Crippen molar-refractivity contribution < 1.29 is 9.53 Å². The van der Waals surface area contributed by atoms with Gasteiger partial charge in [0, 0.05) is 0 Å². The lowest BCUT2D eigenvalue weighted by atomic mass is 9.83. The van der Waals surface area contributed by atoms with Crippen LogP contribution in [0, 0.1) is 5.41 Å². The van der Waals surface area contributed by atoms with Crippen LogP contribution in [0.2, 0.25) is 0 Å². The standard InChI is InChI=1S/C11H23NO2/c1-8(12)9(13)14-11(5,6)7-10(2,3)4/h8H,7,12H2,1-6H3. The van der Waals surface area contributed by atoms with Crippen LogP contribution in [0.25, 0.3) is 0 Å². The van der Waals surface area contributed by atoms with Crippen molar-refractivity contribution in [3.63, 3.8) is 0 Å². The molecule has 0 aliphatic carbocycles. The summed E-state index contributed by atoms with van der Waals surface area (Å²) in [5.74, 6) is -0.334. The van der Waals surface area contributed by atoms with Gasteiger partial charge in [-0.25, -0.2) is 0 Å². The van der Waals surface area contributed by atoms with Crippen molar-refractivity contribution in [2.75, 3.05) is 0 Å². The third-order valence-electron chi connectivity index (χ3n) is 1.70. The Morgan fingerprint density at radius 1 is 1.29 bits per heavy atom. The van der Waals surface area contributed by atoms with E-state index in [1.165, 1.54) is 0 Å². The first-order valence-electron chi connectivity index (χ1n) is 5.02. The Morgan fingerprint density at radius 3 is 2.00 bits per heavy atom. The average Bonchev–Trinajstić information content (AvgIpc) is 1.78. The van der Waals surface area contributed by atoms with Gasteiger partial charge in [0.15, 0.2) is 0 Å². The van der Waals surface area contributed by atoms with Crippen LogP contribution in [0.3, 0.4) is 0 Å². The summed E-state index contributed by atoms with van der Waals surface area (Å²) in [7, 11) is 0. The first-order valence-corrected chi connectivity index (χ1v) is 5.02. The van der Waals surface area contributed by atoms with Gasteiger partial charge >= 0.3 is 5.97 Å². The second-order valence-electron chi connectivity index (χ2n) is 5.71. The van der Waals surface area contributed by atoms with E-state index >= 15 is 0 Å². The van der Waals surface area contributed by atoms with E-state index in [1.807, 2.05) is 13.8 Å². The fraction of sp³-hybridized carbons (Fsp3) is 0.909. The highest BCUT2D eigenvalue weighted by atomic mass is 16.6. The van der Waals surface area contributed by atoms with Gasteiger partial charge in [-0.05, 0) is 32.6 Å². The number of hydrogen-bond donors (Lipinski definition) is 1. The Labute approximate surface area is 87.0 Å². The molecule has 3 nitrogen and oxygen atoms in total. The van der Waals surface area contributed by atoms with Crippen LogP contribution in [0.1, 0.15) is 48.0 Å². The zero-order valence-electron chi connectivity index (χ0n) is 10.2. The highest BCUT2D eigenvalue weighted by Crippen LogP contribution is 2.29. The second-order valence-corrected chi connectivity index (χ2v) is 5.71. The maximum atomic E-state index is 11.3. The highest BCUT2D eigenvalue weighted by Gasteiger charge is 2.29. The molecule has 0 aromatic rings. The van der Waals surface area contributed by atoms with Gasteiger partial charge < -0.3 is 10.5 Å². The molecule has 0 rings (SSSR count). The van der Waals surface area contributed by atoms with E-state index in [0.29, 0.717) is 0 Å². The van der Waals surface area contributed by atoms with E-state index in [1.54, 1.807) is 6.92 Å². The predicted molar refractivity (Wildman–Crippen MR) is 57.9 cm³/mol. The number of ether oxygens (including phenoxy) is 1. The quantitative estimate of drug-likeness (QED) is 0.711. The molecule has 0 radical (unpaired) electrons. The Hall–Kier alpha value is -0.570. The second kappa shape index (κ2) is 4.30. The smallest absolute Gasteiger partial charge is 0.323 e. The molecule has 0 spiro atoms. The summed E-state index contributed by atoms with van der Waals surface area (Å²) >= 11 is 0. The molecule has 0 aromatic heterocycles. The predicted octanol–water partition coefficient (Wildman–Crippen LogP) is 2.09. The van der Waals surface area contributed by atoms with Gasteiger partial charge in [0.2, 0.25) is 0 Å². The molecule has 0 amide bonds. The third-order valence-corrected chi connectivity index (χ3v) is 1.70. The van der Waals surface area contributed by atoms with E-state index in [4.69, 9.17) is 10.5 Å². The van der Waals surface area contributed by atoms with Crippen molar-refractivity contribution in [3.05, 3.63) is 0 Å². The van der Waals surface area contributed by atoms with Gasteiger partial charge in [-0.15, -0.1) is 0 Å². The first-order chi connectivity index (χ1) is 6.03. The molecule has 14 heavy (non-hydrogen) atoms. The van der Waals surface area contributed by atoms with Crippen molar-refractivity contribution in [1.29, 1.82) is 0 Å². The number of carbonyl (C=O) groups excluding carboxylic acids is 1. The van der Waals surface area contributed by atoms with E-state index < -0.39 is 11.6 Å². The summed E-state index contributed by atoms with van der Waals surface area (Å²) in [4.78, 5) is 11.3. The molecule has 0 fully saturated rings. The fourth-order valence-electron chi connectivity index (χ4n) is 1.68. The normalized spacial score (nSPS) is 15.1. The number of esters is 1. The maximum Gasteiger partial charge on any atom is 0.323 e. The van der Waals surface area contributed by atoms with Gasteiger partial charge in [-0.3, -0.25) is 4.79 Å². The summed E-state index contributed by atoms with van der Waals surface area (Å²) in [6.45, 7) is 11.8. The van der Waals surface area contributed by atoms with Gasteiger partial charge in [0.1, 0.15) is 11.6 Å². The summed E-state index contributed by atoms with van der Waals surface area (Å²) in [6.07, 6.45) is 0.818. The molecular formula is C11H23NO2. The molecule has 3 heteroatoms. The molecule has 2 N–H and O–H groups in total. The van der Waals surface area contributed by atoms with Crippen LogP contribution < -0.4 is 5.73 Å². The van der Waals surface area contributed by atoms with Crippen LogP contribution in [-0.2, 0) is 9.53 Å². The number of carbonyl (C=O) groups is 1. The van der Waals surface area contributed by atoms with E-state index in [2.05, 4.69) is 20.8 Å². The summed E-state index contributed by atoms with van der Waals surface area (Å²) < 4.78 is 5.31. The van der Waals surface area contributed by atoms with E-state index in [9.17, 15) is 4.79 Å². The SMILES string of the molecule is CC(N)C(=O)OC(C)(C)CC(C)(C)C. The van der Waals surface area contributed by atoms with Gasteiger partial charge in [-0.1, -0.05) is 20.8 Å². The molecule has 0 aromatic carbocycles. The Morgan fingerprint density at radius 2 is 1.71 bits per heavy atom. The fourth-order valence-corrected chi connectivity index (χ4v) is 1.68. The van der Waals surface area contributed by atoms with Crippen molar-refractivity contribution in [3.8, 4) is 0 Å². The third kappa shape index (κ3) is 5.97. The minimum Gasteiger partial charge on any atom is -0.458 e. The van der Waals surface area contributed by atoms with Crippen molar-refractivity contribution >= 4 is 5.97 Å². The molecule has 0 saturated carbocycles. The largest absolute Gasteiger partial charge is 0.458 e. The van der Waals surface area contributed by atoms with Gasteiger partial charge in [0.25, 0.3) is 0 Å². The number of rotatable bonds is 3. The van der Waals surface area contributed by atoms with Crippen LogP contribution in [0.4, 0.5) is 0 Å². The lowest BCUT2D eigenvalue weighted by molar-refractivity contribution is -0.160.